The van der Waals surface area contributed by atoms with E-state index in [1.807, 2.05) is 0 Å². The second-order valence-corrected chi connectivity index (χ2v) is 5.52. The number of Topliss-reactive ketones (excluding diaryl/α,β-unsaturated/α-hetero) is 1. The first-order chi connectivity index (χ1) is 13.9. The van der Waals surface area contributed by atoms with Crippen molar-refractivity contribution in [1.82, 2.24) is 0 Å². The van der Waals surface area contributed by atoms with E-state index in [9.17, 15) is 19.2 Å². The van der Waals surface area contributed by atoms with Crippen LogP contribution < -0.4 is 5.73 Å². The number of para-hydroxylation sites is 3. The smallest absolute Gasteiger partial charge is 0.332 e. The van der Waals surface area contributed by atoms with E-state index in [1.165, 1.54) is 32.0 Å². The van der Waals surface area contributed by atoms with Crippen LogP contribution >= 0.6 is 0 Å². The number of rotatable bonds is 4. The summed E-state index contributed by atoms with van der Waals surface area (Å²) in [5, 5.41) is 42.0. The zero-order valence-electron chi connectivity index (χ0n) is 16.4. The van der Waals surface area contributed by atoms with Crippen molar-refractivity contribution >= 4 is 23.9 Å². The van der Waals surface area contributed by atoms with Gasteiger partial charge in [-0.05, 0) is 38.1 Å². The Morgan fingerprint density at radius 2 is 1.30 bits per heavy atom. The van der Waals surface area contributed by atoms with E-state index in [0.717, 1.165) is 0 Å². The van der Waals surface area contributed by atoms with Crippen molar-refractivity contribution in [2.45, 2.75) is 26.4 Å². The quantitative estimate of drug-likeness (QED) is 0.238. The number of benzene rings is 2. The minimum atomic E-state index is -1.23. The Hall–Kier alpha value is -3.92. The van der Waals surface area contributed by atoms with Gasteiger partial charge < -0.3 is 31.3 Å². The summed E-state index contributed by atoms with van der Waals surface area (Å²) >= 11 is 0. The van der Waals surface area contributed by atoms with Gasteiger partial charge in [-0.15, -0.1) is 0 Å². The summed E-state index contributed by atoms with van der Waals surface area (Å²) in [4.78, 5) is 39.3. The van der Waals surface area contributed by atoms with Gasteiger partial charge in [0.05, 0.1) is 12.0 Å². The Kier molecular flexibility index (Phi) is 15.2. The summed E-state index contributed by atoms with van der Waals surface area (Å²) in [5.74, 6) is -2.05. The molecule has 2 aromatic carbocycles. The summed E-state index contributed by atoms with van der Waals surface area (Å²) in [7, 11) is 0. The summed E-state index contributed by atoms with van der Waals surface area (Å²) < 4.78 is 0. The number of nitrogens with two attached hydrogens (primary N) is 1. The van der Waals surface area contributed by atoms with E-state index in [0.29, 0.717) is 11.8 Å². The maximum atomic E-state index is 10.1. The van der Waals surface area contributed by atoms with Gasteiger partial charge in [-0.2, -0.15) is 0 Å². The number of carbonyl (C=O) groups excluding carboxylic acids is 3. The van der Waals surface area contributed by atoms with E-state index in [1.54, 1.807) is 30.3 Å². The normalized spacial score (nSPS) is 9.70. The van der Waals surface area contributed by atoms with E-state index in [2.05, 4.69) is 5.73 Å². The fraction of sp³-hybridized carbons (Fsp3) is 0.200. The minimum absolute atomic E-state index is 0.0347. The van der Waals surface area contributed by atoms with Crippen LogP contribution in [0.5, 0.6) is 17.2 Å². The van der Waals surface area contributed by atoms with E-state index in [-0.39, 0.29) is 29.5 Å². The number of phenolic OH excluding ortho intramolecular Hbond substituents is 3. The largest absolute Gasteiger partial charge is 0.507 e. The number of amides is 1. The summed E-state index contributed by atoms with van der Waals surface area (Å²) in [6, 6.07) is 12.5. The maximum Gasteiger partial charge on any atom is 0.332 e. The zero-order chi connectivity index (χ0) is 23.7. The SMILES string of the molecule is CC(=O)CC(N)=O.CC(O)C(=O)O.O=Cc1ccccc1O.Oc1ccccc1O. The van der Waals surface area contributed by atoms with Crippen LogP contribution in [0.3, 0.4) is 0 Å². The molecule has 0 spiro atoms. The molecule has 10 heteroatoms. The predicted octanol–water partition coefficient (Wildman–Crippen LogP) is 1.21. The number of aromatic hydroxyl groups is 3. The number of carboxylic acids is 1. The number of primary amides is 1. The van der Waals surface area contributed by atoms with Crippen molar-refractivity contribution in [3.63, 3.8) is 0 Å². The molecule has 0 aliphatic heterocycles. The first kappa shape index (κ1) is 28.3. The van der Waals surface area contributed by atoms with Gasteiger partial charge in [-0.25, -0.2) is 4.79 Å². The molecule has 2 rings (SSSR count). The third kappa shape index (κ3) is 16.3. The van der Waals surface area contributed by atoms with Crippen LogP contribution in [-0.4, -0.2) is 55.6 Å². The number of aliphatic hydroxyl groups is 1. The standard InChI is InChI=1S/C7H6O2.C6H6O2.C4H7NO2.C3H6O3/c8-5-6-3-1-2-4-7(6)9;7-5-3-1-2-4-6(5)8;1-3(6)2-4(5)7;1-2(4)3(5)6/h1-5,9H;1-4,7-8H;2H2,1H3,(H2,5,7);2,4H,1H3,(H,5,6). The van der Waals surface area contributed by atoms with E-state index in [4.69, 9.17) is 25.5 Å². The Bertz CT molecular complexity index is 786. The van der Waals surface area contributed by atoms with Gasteiger partial charge in [0.15, 0.2) is 17.8 Å². The van der Waals surface area contributed by atoms with Crippen molar-refractivity contribution in [2.24, 2.45) is 5.73 Å². The van der Waals surface area contributed by atoms with Gasteiger partial charge in [0.25, 0.3) is 0 Å². The average molecular weight is 423 g/mol. The zero-order valence-corrected chi connectivity index (χ0v) is 16.4. The molecule has 0 aromatic heterocycles. The molecule has 0 saturated carbocycles. The number of carboxylic acid groups (broad SMARTS) is 1. The Morgan fingerprint density at radius 1 is 0.933 bits per heavy atom. The third-order valence-corrected chi connectivity index (χ3v) is 2.73. The second-order valence-electron chi connectivity index (χ2n) is 5.52. The molecule has 1 amide bonds. The van der Waals surface area contributed by atoms with Crippen LogP contribution in [-0.2, 0) is 14.4 Å². The average Bonchev–Trinajstić information content (AvgIpc) is 2.65. The lowest BCUT2D eigenvalue weighted by molar-refractivity contribution is -0.145. The van der Waals surface area contributed by atoms with Gasteiger partial charge in [0.2, 0.25) is 5.91 Å². The van der Waals surface area contributed by atoms with Crippen molar-refractivity contribution in [3.8, 4) is 17.2 Å². The van der Waals surface area contributed by atoms with Crippen LogP contribution in [0.25, 0.3) is 0 Å². The minimum Gasteiger partial charge on any atom is -0.507 e. The molecule has 30 heavy (non-hydrogen) atoms. The number of carbonyl (C=O) groups is 4. The van der Waals surface area contributed by atoms with E-state index < -0.39 is 18.0 Å². The summed E-state index contributed by atoms with van der Waals surface area (Å²) in [6.45, 7) is 2.52. The molecule has 10 nitrogen and oxygen atoms in total. The summed E-state index contributed by atoms with van der Waals surface area (Å²) in [6.07, 6.45) is -0.750. The lowest BCUT2D eigenvalue weighted by atomic mass is 10.2. The molecule has 164 valence electrons. The Balaban J connectivity index is 0. The molecule has 1 atom stereocenters. The van der Waals surface area contributed by atoms with Crippen molar-refractivity contribution in [1.29, 1.82) is 0 Å². The first-order valence-electron chi connectivity index (χ1n) is 8.31. The third-order valence-electron chi connectivity index (χ3n) is 2.73. The second kappa shape index (κ2) is 16.1. The molecular weight excluding hydrogens is 398 g/mol. The number of hydrogen-bond donors (Lipinski definition) is 6. The highest BCUT2D eigenvalue weighted by Gasteiger charge is 2.01. The maximum absolute atomic E-state index is 10.1. The predicted molar refractivity (Wildman–Crippen MR) is 107 cm³/mol. The lowest BCUT2D eigenvalue weighted by Gasteiger charge is -1.91. The first-order valence-corrected chi connectivity index (χ1v) is 8.31. The van der Waals surface area contributed by atoms with Crippen molar-refractivity contribution in [3.05, 3.63) is 54.1 Å². The molecule has 1 unspecified atom stereocenters. The number of aliphatic carboxylic acids is 1. The number of aldehydes is 1. The number of hydrogen-bond acceptors (Lipinski definition) is 8. The van der Waals surface area contributed by atoms with Crippen LogP contribution in [0.2, 0.25) is 0 Å². The van der Waals surface area contributed by atoms with Crippen LogP contribution in [0.15, 0.2) is 48.5 Å². The highest BCUT2D eigenvalue weighted by molar-refractivity contribution is 5.95. The lowest BCUT2D eigenvalue weighted by Crippen LogP contribution is -2.13. The van der Waals surface area contributed by atoms with Crippen LogP contribution in [0.1, 0.15) is 30.6 Å². The van der Waals surface area contributed by atoms with Gasteiger partial charge in [-0.3, -0.25) is 14.4 Å². The van der Waals surface area contributed by atoms with Crippen molar-refractivity contribution in [2.75, 3.05) is 0 Å². The monoisotopic (exact) mass is 423 g/mol. The van der Waals surface area contributed by atoms with Gasteiger partial charge in [0.1, 0.15) is 17.6 Å². The molecule has 0 bridgehead atoms. The molecule has 7 N–H and O–H groups in total. The van der Waals surface area contributed by atoms with Crippen molar-refractivity contribution < 1.29 is 44.7 Å². The van der Waals surface area contributed by atoms with Crippen LogP contribution in [0, 0.1) is 0 Å². The Morgan fingerprint density at radius 3 is 1.47 bits per heavy atom. The van der Waals surface area contributed by atoms with Gasteiger partial charge in [0, 0.05) is 0 Å². The molecule has 0 saturated heterocycles. The number of phenols is 3. The fourth-order valence-corrected chi connectivity index (χ4v) is 1.30. The molecule has 0 fully saturated rings. The van der Waals surface area contributed by atoms with E-state index >= 15 is 0 Å². The molecular formula is C20H25NO9. The molecule has 0 radical (unpaired) electrons. The highest BCUT2D eigenvalue weighted by Crippen LogP contribution is 2.21. The summed E-state index contributed by atoms with van der Waals surface area (Å²) in [5.41, 5.74) is 4.96. The molecule has 0 heterocycles. The number of ketones is 1. The fourth-order valence-electron chi connectivity index (χ4n) is 1.30. The highest BCUT2D eigenvalue weighted by atomic mass is 16.4. The number of aliphatic hydroxyl groups excluding tert-OH is 1. The van der Waals surface area contributed by atoms with Gasteiger partial charge in [-0.1, -0.05) is 24.3 Å². The van der Waals surface area contributed by atoms with Crippen LogP contribution in [0.4, 0.5) is 0 Å². The van der Waals surface area contributed by atoms with Gasteiger partial charge >= 0.3 is 5.97 Å². The molecule has 0 aliphatic rings. The topological polar surface area (TPSA) is 195 Å². The Labute approximate surface area is 172 Å². The molecule has 0 aliphatic carbocycles. The molecule has 2 aromatic rings.